The summed E-state index contributed by atoms with van der Waals surface area (Å²) in [7, 11) is 0. The van der Waals surface area contributed by atoms with Crippen LogP contribution in [0.15, 0.2) is 35.2 Å². The Hall–Kier alpha value is -1.72. The third kappa shape index (κ3) is 2.91. The number of hydrogen-bond donors (Lipinski definition) is 1. The van der Waals surface area contributed by atoms with E-state index in [-0.39, 0.29) is 0 Å². The molecule has 5 heteroatoms. The topological polar surface area (TPSA) is 53.4 Å². The minimum Gasteiger partial charge on any atom is -0.481 e. The third-order valence-electron chi connectivity index (χ3n) is 4.56. The summed E-state index contributed by atoms with van der Waals surface area (Å²) in [4.78, 5) is 18.6. The smallest absolute Gasteiger partial charge is 0.314 e. The first-order valence-electron chi connectivity index (χ1n) is 7.50. The minimum absolute atomic E-state index is 0.649. The maximum absolute atomic E-state index is 12.0. The van der Waals surface area contributed by atoms with Gasteiger partial charge in [0.05, 0.1) is 16.6 Å². The lowest BCUT2D eigenvalue weighted by molar-refractivity contribution is -0.146. The summed E-state index contributed by atoms with van der Waals surface area (Å²) >= 11 is 1.60. The number of benzene rings is 1. The third-order valence-corrected chi connectivity index (χ3v) is 5.19. The summed E-state index contributed by atoms with van der Waals surface area (Å²) in [5, 5.41) is 11.9. The zero-order valence-electron chi connectivity index (χ0n) is 12.7. The van der Waals surface area contributed by atoms with E-state index in [4.69, 9.17) is 0 Å². The molecule has 1 aliphatic heterocycles. The highest BCUT2D eigenvalue weighted by Crippen LogP contribution is 2.36. The Balaban J connectivity index is 1.76. The molecule has 1 N–H and O–H groups in total. The number of nitrogens with zero attached hydrogens (tertiary/aromatic N) is 2. The zero-order chi connectivity index (χ0) is 15.6. The van der Waals surface area contributed by atoms with Gasteiger partial charge in [-0.1, -0.05) is 29.8 Å². The van der Waals surface area contributed by atoms with Gasteiger partial charge in [-0.15, -0.1) is 11.3 Å². The predicted molar refractivity (Wildman–Crippen MR) is 87.1 cm³/mol. The summed E-state index contributed by atoms with van der Waals surface area (Å²) in [5.74, 6) is -0.702. The highest BCUT2D eigenvalue weighted by atomic mass is 32.1. The molecule has 1 fully saturated rings. The van der Waals surface area contributed by atoms with Crippen molar-refractivity contribution in [3.63, 3.8) is 0 Å². The first-order valence-corrected chi connectivity index (χ1v) is 8.44. The Morgan fingerprint density at radius 2 is 2.18 bits per heavy atom. The van der Waals surface area contributed by atoms with Crippen molar-refractivity contribution in [3.05, 3.63) is 52.0 Å². The first-order chi connectivity index (χ1) is 10.6. The van der Waals surface area contributed by atoms with Crippen molar-refractivity contribution in [2.75, 3.05) is 13.1 Å². The van der Waals surface area contributed by atoms with Crippen molar-refractivity contribution in [3.8, 4) is 0 Å². The van der Waals surface area contributed by atoms with Crippen LogP contribution in [0, 0.1) is 6.92 Å². The lowest BCUT2D eigenvalue weighted by Crippen LogP contribution is -2.47. The van der Waals surface area contributed by atoms with Crippen LogP contribution in [0.3, 0.4) is 0 Å². The van der Waals surface area contributed by atoms with Gasteiger partial charge in [0.15, 0.2) is 0 Å². The van der Waals surface area contributed by atoms with Gasteiger partial charge >= 0.3 is 5.97 Å². The molecule has 0 amide bonds. The fraction of sp³-hybridized carbons (Fsp3) is 0.412. The number of hydrogen-bond acceptors (Lipinski definition) is 4. The van der Waals surface area contributed by atoms with Gasteiger partial charge in [0.1, 0.15) is 0 Å². The summed E-state index contributed by atoms with van der Waals surface area (Å²) in [6.07, 6.45) is 1.30. The highest BCUT2D eigenvalue weighted by Gasteiger charge is 2.43. The van der Waals surface area contributed by atoms with Crippen molar-refractivity contribution in [1.29, 1.82) is 0 Å². The predicted octanol–water partition coefficient (Wildman–Crippen LogP) is 3.07. The van der Waals surface area contributed by atoms with E-state index >= 15 is 0 Å². The second-order valence-corrected chi connectivity index (χ2v) is 6.73. The molecular formula is C17H20N2O2S. The SMILES string of the molecule is Cc1cccc(C2(C(=O)O)CCN(Cc3cscn3)CC2)c1. The Kier molecular flexibility index (Phi) is 4.27. The van der Waals surface area contributed by atoms with Crippen LogP contribution < -0.4 is 0 Å². The minimum atomic E-state index is -0.745. The fourth-order valence-electron chi connectivity index (χ4n) is 3.21. The molecule has 0 radical (unpaired) electrons. The molecule has 2 aromatic rings. The van der Waals surface area contributed by atoms with E-state index in [0.29, 0.717) is 12.8 Å². The van der Waals surface area contributed by atoms with E-state index < -0.39 is 11.4 Å². The number of carboxylic acids is 1. The van der Waals surface area contributed by atoms with Gasteiger partial charge in [-0.05, 0) is 38.4 Å². The molecule has 1 aliphatic rings. The second kappa shape index (κ2) is 6.18. The number of carbonyl (C=O) groups is 1. The molecule has 0 unspecified atom stereocenters. The average molecular weight is 316 g/mol. The molecule has 4 nitrogen and oxygen atoms in total. The summed E-state index contributed by atoms with van der Waals surface area (Å²) < 4.78 is 0. The normalized spacial score (nSPS) is 18.2. The molecule has 22 heavy (non-hydrogen) atoms. The Labute approximate surface area is 134 Å². The monoisotopic (exact) mass is 316 g/mol. The Morgan fingerprint density at radius 3 is 2.77 bits per heavy atom. The molecule has 1 saturated heterocycles. The summed E-state index contributed by atoms with van der Waals surface area (Å²) in [6.45, 7) is 4.40. The van der Waals surface area contributed by atoms with Gasteiger partial charge in [-0.2, -0.15) is 0 Å². The standard InChI is InChI=1S/C17H20N2O2S/c1-13-3-2-4-14(9-13)17(16(20)21)5-7-19(8-6-17)10-15-11-22-12-18-15/h2-4,9,11-12H,5-8,10H2,1H3,(H,20,21). The van der Waals surface area contributed by atoms with E-state index in [1.165, 1.54) is 0 Å². The maximum atomic E-state index is 12.0. The Morgan fingerprint density at radius 1 is 1.41 bits per heavy atom. The van der Waals surface area contributed by atoms with Gasteiger partial charge in [-0.3, -0.25) is 9.69 Å². The summed E-state index contributed by atoms with van der Waals surface area (Å²) in [5.41, 5.74) is 4.22. The number of aryl methyl sites for hydroxylation is 1. The van der Waals surface area contributed by atoms with Crippen molar-refractivity contribution in [2.45, 2.75) is 31.7 Å². The molecule has 0 saturated carbocycles. The van der Waals surface area contributed by atoms with E-state index in [2.05, 4.69) is 15.3 Å². The summed E-state index contributed by atoms with van der Waals surface area (Å²) in [6, 6.07) is 7.94. The van der Waals surface area contributed by atoms with Crippen LogP contribution in [0.25, 0.3) is 0 Å². The van der Waals surface area contributed by atoms with Gasteiger partial charge in [0.2, 0.25) is 0 Å². The number of thiazole rings is 1. The number of aromatic nitrogens is 1. The van der Waals surface area contributed by atoms with Crippen LogP contribution >= 0.6 is 11.3 Å². The lowest BCUT2D eigenvalue weighted by atomic mass is 9.72. The largest absolute Gasteiger partial charge is 0.481 e. The molecule has 0 atom stereocenters. The van der Waals surface area contributed by atoms with Gasteiger partial charge in [0.25, 0.3) is 0 Å². The van der Waals surface area contributed by atoms with Gasteiger partial charge in [0, 0.05) is 11.9 Å². The fourth-order valence-corrected chi connectivity index (χ4v) is 3.76. The lowest BCUT2D eigenvalue weighted by Gasteiger charge is -2.39. The zero-order valence-corrected chi connectivity index (χ0v) is 13.5. The maximum Gasteiger partial charge on any atom is 0.314 e. The molecule has 1 aromatic heterocycles. The quantitative estimate of drug-likeness (QED) is 0.942. The molecular weight excluding hydrogens is 296 g/mol. The molecule has 116 valence electrons. The number of likely N-dealkylation sites (tertiary alicyclic amines) is 1. The Bertz CT molecular complexity index is 646. The van der Waals surface area contributed by atoms with Crippen LogP contribution in [-0.4, -0.2) is 34.0 Å². The van der Waals surface area contributed by atoms with E-state index in [1.54, 1.807) is 11.3 Å². The van der Waals surface area contributed by atoms with E-state index in [1.807, 2.05) is 36.7 Å². The number of piperidine rings is 1. The van der Waals surface area contributed by atoms with Crippen LogP contribution in [0.2, 0.25) is 0 Å². The average Bonchev–Trinajstić information content (AvgIpc) is 3.01. The second-order valence-electron chi connectivity index (χ2n) is 6.01. The molecule has 1 aromatic carbocycles. The van der Waals surface area contributed by atoms with Crippen LogP contribution in [0.5, 0.6) is 0 Å². The molecule has 0 spiro atoms. The molecule has 0 bridgehead atoms. The molecule has 3 rings (SSSR count). The van der Waals surface area contributed by atoms with Crippen molar-refractivity contribution < 1.29 is 9.90 Å². The van der Waals surface area contributed by atoms with Crippen LogP contribution in [0.1, 0.15) is 29.7 Å². The van der Waals surface area contributed by atoms with Crippen molar-refractivity contribution in [1.82, 2.24) is 9.88 Å². The van der Waals surface area contributed by atoms with E-state index in [0.717, 1.165) is 36.5 Å². The first kappa shape index (κ1) is 15.2. The molecule has 2 heterocycles. The van der Waals surface area contributed by atoms with Crippen molar-refractivity contribution in [2.24, 2.45) is 0 Å². The van der Waals surface area contributed by atoms with Crippen LogP contribution in [0.4, 0.5) is 0 Å². The van der Waals surface area contributed by atoms with Gasteiger partial charge < -0.3 is 5.11 Å². The number of carboxylic acid groups (broad SMARTS) is 1. The van der Waals surface area contributed by atoms with Crippen LogP contribution in [-0.2, 0) is 16.8 Å². The number of aliphatic carboxylic acids is 1. The van der Waals surface area contributed by atoms with E-state index in [9.17, 15) is 9.90 Å². The number of rotatable bonds is 4. The van der Waals surface area contributed by atoms with Gasteiger partial charge in [-0.25, -0.2) is 4.98 Å². The molecule has 0 aliphatic carbocycles. The highest BCUT2D eigenvalue weighted by molar-refractivity contribution is 7.07. The van der Waals surface area contributed by atoms with Crippen molar-refractivity contribution >= 4 is 17.3 Å².